The van der Waals surface area contributed by atoms with Crippen molar-refractivity contribution in [1.29, 1.82) is 0 Å². The fourth-order valence-electron chi connectivity index (χ4n) is 6.40. The maximum absolute atomic E-state index is 13.5. The summed E-state index contributed by atoms with van der Waals surface area (Å²) < 4.78 is 1.73. The van der Waals surface area contributed by atoms with Crippen LogP contribution in [-0.4, -0.2) is 58.1 Å². The van der Waals surface area contributed by atoms with Crippen LogP contribution in [0.15, 0.2) is 72.0 Å². The van der Waals surface area contributed by atoms with E-state index in [2.05, 4.69) is 32.9 Å². The smallest absolute Gasteiger partial charge is 0.274 e. The number of fused-ring (bicyclic) bond motifs is 2. The quantitative estimate of drug-likeness (QED) is 0.380. The Morgan fingerprint density at radius 3 is 2.73 bits per heavy atom. The first kappa shape index (κ1) is 26.1. The number of carbonyl (C=O) groups is 2. The maximum atomic E-state index is 13.5. The summed E-state index contributed by atoms with van der Waals surface area (Å²) in [5.74, 6) is 2.21. The van der Waals surface area contributed by atoms with Crippen molar-refractivity contribution in [2.75, 3.05) is 26.2 Å². The topological polar surface area (TPSA) is 91.1 Å². The van der Waals surface area contributed by atoms with Gasteiger partial charge in [0.15, 0.2) is 0 Å². The molecule has 2 aromatic heterocycles. The van der Waals surface area contributed by atoms with Gasteiger partial charge in [0.1, 0.15) is 22.9 Å². The van der Waals surface area contributed by atoms with Crippen LogP contribution in [-0.2, 0) is 6.54 Å². The molecule has 2 atom stereocenters. The van der Waals surface area contributed by atoms with Crippen LogP contribution in [0.2, 0.25) is 0 Å². The molecule has 2 amide bonds. The fourth-order valence-corrected chi connectivity index (χ4v) is 6.40. The number of amides is 2. The van der Waals surface area contributed by atoms with Gasteiger partial charge in [0, 0.05) is 37.9 Å². The van der Waals surface area contributed by atoms with Gasteiger partial charge in [0.2, 0.25) is 0 Å². The SMILES string of the molecule is C=C=CCC1(CNC(=O)c2cccc3nc(C(=O)N(CC)Cc4ccc(C5=NCCN5)cc4)cn23)CC2CC2C1. The lowest BCUT2D eigenvalue weighted by molar-refractivity contribution is 0.0747. The van der Waals surface area contributed by atoms with Crippen LogP contribution in [0.5, 0.6) is 0 Å². The predicted molar refractivity (Wildman–Crippen MR) is 155 cm³/mol. The molecule has 1 aliphatic heterocycles. The molecule has 0 saturated heterocycles. The van der Waals surface area contributed by atoms with Gasteiger partial charge in [-0.2, -0.15) is 0 Å². The van der Waals surface area contributed by atoms with Crippen molar-refractivity contribution in [1.82, 2.24) is 24.9 Å². The van der Waals surface area contributed by atoms with Gasteiger partial charge < -0.3 is 15.5 Å². The Hall–Kier alpha value is -4.16. The molecule has 2 aliphatic carbocycles. The number of amidine groups is 1. The summed E-state index contributed by atoms with van der Waals surface area (Å²) in [6.07, 6.45) is 8.19. The van der Waals surface area contributed by atoms with E-state index in [1.165, 1.54) is 6.42 Å². The summed E-state index contributed by atoms with van der Waals surface area (Å²) in [4.78, 5) is 37.7. The molecule has 0 radical (unpaired) electrons. The number of nitrogens with zero attached hydrogens (tertiary/aromatic N) is 4. The lowest BCUT2D eigenvalue weighted by atomic mass is 9.79. The first-order chi connectivity index (χ1) is 19.5. The number of aromatic nitrogens is 2. The van der Waals surface area contributed by atoms with E-state index in [0.29, 0.717) is 36.7 Å². The summed E-state index contributed by atoms with van der Waals surface area (Å²) >= 11 is 0. The van der Waals surface area contributed by atoms with Crippen molar-refractivity contribution in [3.63, 3.8) is 0 Å². The zero-order valence-electron chi connectivity index (χ0n) is 23.0. The molecule has 3 heterocycles. The third-order valence-electron chi connectivity index (χ3n) is 8.65. The molecule has 1 aromatic carbocycles. The molecular formula is C32H36N6O2. The molecule has 0 bridgehead atoms. The molecule has 8 heteroatoms. The standard InChI is InChI=1S/C32H36N6O2/c1-3-5-13-32(17-24-16-25(24)18-32)21-35-30(39)27-7-6-8-28-36-26(20-38(27)28)31(40)37(4-2)19-22-9-11-23(12-10-22)29-33-14-15-34-29/h5-12,20,24-25H,1,4,13-19,21H2,2H3,(H,33,34)(H,35,39). The van der Waals surface area contributed by atoms with E-state index in [1.807, 2.05) is 49.4 Å². The number of hydrogen-bond acceptors (Lipinski definition) is 5. The molecule has 0 spiro atoms. The highest BCUT2D eigenvalue weighted by Crippen LogP contribution is 2.61. The minimum absolute atomic E-state index is 0.0821. The Balaban J connectivity index is 1.15. The number of allylic oxidation sites excluding steroid dienone is 1. The first-order valence-corrected chi connectivity index (χ1v) is 14.3. The molecule has 206 valence electrons. The molecular weight excluding hydrogens is 500 g/mol. The van der Waals surface area contributed by atoms with Crippen LogP contribution in [0.4, 0.5) is 0 Å². The number of rotatable bonds is 10. The summed E-state index contributed by atoms with van der Waals surface area (Å²) in [6.45, 7) is 8.99. The van der Waals surface area contributed by atoms with Crippen molar-refractivity contribution in [3.8, 4) is 0 Å². The lowest BCUT2D eigenvalue weighted by Crippen LogP contribution is -2.37. The average molecular weight is 537 g/mol. The van der Waals surface area contributed by atoms with Crippen molar-refractivity contribution in [3.05, 3.63) is 89.6 Å². The van der Waals surface area contributed by atoms with Crippen LogP contribution in [0.25, 0.3) is 5.65 Å². The second kappa shape index (κ2) is 10.8. The zero-order valence-corrected chi connectivity index (χ0v) is 23.0. The minimum atomic E-state index is -0.163. The Labute approximate surface area is 234 Å². The van der Waals surface area contributed by atoms with Crippen LogP contribution in [0.1, 0.15) is 64.7 Å². The van der Waals surface area contributed by atoms with Crippen molar-refractivity contribution >= 4 is 23.3 Å². The largest absolute Gasteiger partial charge is 0.368 e. The molecule has 3 aromatic rings. The number of aliphatic imine (C=N–C) groups is 1. The predicted octanol–water partition coefficient (Wildman–Crippen LogP) is 4.22. The minimum Gasteiger partial charge on any atom is -0.368 e. The van der Waals surface area contributed by atoms with Gasteiger partial charge in [0.05, 0.1) is 6.54 Å². The summed E-state index contributed by atoms with van der Waals surface area (Å²) in [6, 6.07) is 13.6. The highest BCUT2D eigenvalue weighted by molar-refractivity contribution is 5.99. The number of carbonyl (C=O) groups excluding carboxylic acids is 2. The molecule has 6 rings (SSSR count). The van der Waals surface area contributed by atoms with Gasteiger partial charge in [0.25, 0.3) is 11.8 Å². The van der Waals surface area contributed by atoms with Crippen LogP contribution < -0.4 is 10.6 Å². The van der Waals surface area contributed by atoms with Crippen LogP contribution in [0, 0.1) is 17.3 Å². The second-order valence-electron chi connectivity index (χ2n) is 11.4. The fraction of sp³-hybridized carbons (Fsp3) is 0.406. The van der Waals surface area contributed by atoms with Gasteiger partial charge in [-0.05, 0) is 73.6 Å². The number of imidazole rings is 1. The summed E-state index contributed by atoms with van der Waals surface area (Å²) in [5, 5.41) is 6.47. The Morgan fingerprint density at radius 1 is 1.23 bits per heavy atom. The Kier molecular flexibility index (Phi) is 7.03. The first-order valence-electron chi connectivity index (χ1n) is 14.3. The maximum Gasteiger partial charge on any atom is 0.274 e. The van der Waals surface area contributed by atoms with Crippen molar-refractivity contribution < 1.29 is 9.59 Å². The van der Waals surface area contributed by atoms with Crippen molar-refractivity contribution in [2.45, 2.75) is 39.2 Å². The average Bonchev–Trinajstić information content (AvgIpc) is 3.40. The monoisotopic (exact) mass is 536 g/mol. The van der Waals surface area contributed by atoms with Gasteiger partial charge in [-0.3, -0.25) is 19.0 Å². The summed E-state index contributed by atoms with van der Waals surface area (Å²) in [5.41, 5.74) is 6.45. The van der Waals surface area contributed by atoms with E-state index in [0.717, 1.165) is 61.2 Å². The third-order valence-corrected chi connectivity index (χ3v) is 8.65. The second-order valence-corrected chi connectivity index (χ2v) is 11.4. The Morgan fingerprint density at radius 2 is 2.02 bits per heavy atom. The van der Waals surface area contributed by atoms with Gasteiger partial charge in [-0.1, -0.05) is 36.9 Å². The number of pyridine rings is 1. The molecule has 2 fully saturated rings. The molecule has 2 unspecified atom stereocenters. The van der Waals surface area contributed by atoms with Crippen molar-refractivity contribution in [2.24, 2.45) is 22.2 Å². The Bertz CT molecular complexity index is 1500. The summed E-state index contributed by atoms with van der Waals surface area (Å²) in [7, 11) is 0. The number of benzene rings is 1. The van der Waals surface area contributed by atoms with Gasteiger partial charge >= 0.3 is 0 Å². The van der Waals surface area contributed by atoms with Gasteiger partial charge in [-0.15, -0.1) is 5.73 Å². The molecule has 8 nitrogen and oxygen atoms in total. The molecule has 3 aliphatic rings. The zero-order chi connectivity index (χ0) is 27.7. The van der Waals surface area contributed by atoms with Crippen LogP contribution >= 0.6 is 0 Å². The van der Waals surface area contributed by atoms with E-state index in [9.17, 15) is 9.59 Å². The van der Waals surface area contributed by atoms with Crippen LogP contribution in [0.3, 0.4) is 0 Å². The van der Waals surface area contributed by atoms with E-state index in [-0.39, 0.29) is 17.2 Å². The van der Waals surface area contributed by atoms with E-state index < -0.39 is 0 Å². The van der Waals surface area contributed by atoms with E-state index in [4.69, 9.17) is 0 Å². The molecule has 40 heavy (non-hydrogen) atoms. The van der Waals surface area contributed by atoms with E-state index in [1.54, 1.807) is 21.6 Å². The normalized spacial score (nSPS) is 22.7. The number of nitrogens with one attached hydrogen (secondary N) is 2. The highest BCUT2D eigenvalue weighted by Gasteiger charge is 2.53. The van der Waals surface area contributed by atoms with E-state index >= 15 is 0 Å². The highest BCUT2D eigenvalue weighted by atomic mass is 16.2. The number of hydrogen-bond donors (Lipinski definition) is 2. The molecule has 2 N–H and O–H groups in total. The lowest BCUT2D eigenvalue weighted by Gasteiger charge is -2.30. The van der Waals surface area contributed by atoms with Gasteiger partial charge in [-0.25, -0.2) is 4.98 Å². The molecule has 2 saturated carbocycles. The third kappa shape index (κ3) is 5.19.